The van der Waals surface area contributed by atoms with E-state index < -0.39 is 0 Å². The van der Waals surface area contributed by atoms with Crippen molar-refractivity contribution in [3.05, 3.63) is 42.2 Å². The average molecular weight is 326 g/mol. The van der Waals surface area contributed by atoms with Crippen LogP contribution in [0.15, 0.2) is 40.8 Å². The molecule has 2 fully saturated rings. The zero-order valence-electron chi connectivity index (χ0n) is 14.1. The van der Waals surface area contributed by atoms with Crippen molar-refractivity contribution in [1.82, 2.24) is 9.80 Å². The maximum absolute atomic E-state index is 12.7. The van der Waals surface area contributed by atoms with Gasteiger partial charge in [-0.05, 0) is 62.3 Å². The van der Waals surface area contributed by atoms with Gasteiger partial charge in [-0.3, -0.25) is 4.79 Å². The molecule has 1 aromatic carbocycles. The normalized spacial score (nSPS) is 23.5. The summed E-state index contributed by atoms with van der Waals surface area (Å²) in [5.41, 5.74) is 0.938. The molecule has 5 nitrogen and oxygen atoms in total. The van der Waals surface area contributed by atoms with E-state index in [-0.39, 0.29) is 5.91 Å². The number of likely N-dealkylation sites (N-methyl/N-ethyl adjacent to an activating group) is 1. The summed E-state index contributed by atoms with van der Waals surface area (Å²) >= 11 is 0. The molecule has 2 atom stereocenters. The van der Waals surface area contributed by atoms with Crippen LogP contribution in [0.2, 0.25) is 0 Å². The molecule has 24 heavy (non-hydrogen) atoms. The van der Waals surface area contributed by atoms with Crippen molar-refractivity contribution < 1.29 is 13.9 Å². The lowest BCUT2D eigenvalue weighted by molar-refractivity contribution is 0.0744. The Morgan fingerprint density at radius 1 is 1.17 bits per heavy atom. The third kappa shape index (κ3) is 2.59. The Morgan fingerprint density at radius 3 is 2.67 bits per heavy atom. The molecular formula is C19H22N2O3. The molecule has 1 amide bonds. The molecule has 0 aliphatic carbocycles. The molecule has 2 saturated heterocycles. The van der Waals surface area contributed by atoms with Crippen LogP contribution in [0.4, 0.5) is 0 Å². The van der Waals surface area contributed by atoms with E-state index in [2.05, 4.69) is 11.9 Å². The number of benzene rings is 1. The van der Waals surface area contributed by atoms with E-state index in [9.17, 15) is 4.79 Å². The first kappa shape index (κ1) is 15.3. The van der Waals surface area contributed by atoms with E-state index in [1.165, 1.54) is 6.42 Å². The summed E-state index contributed by atoms with van der Waals surface area (Å²) in [4.78, 5) is 17.0. The van der Waals surface area contributed by atoms with E-state index >= 15 is 0 Å². The quantitative estimate of drug-likeness (QED) is 0.870. The minimum atomic E-state index is -0.00226. The topological polar surface area (TPSA) is 45.9 Å². The van der Waals surface area contributed by atoms with Crippen molar-refractivity contribution in [2.75, 3.05) is 33.8 Å². The van der Waals surface area contributed by atoms with Gasteiger partial charge in [-0.25, -0.2) is 0 Å². The van der Waals surface area contributed by atoms with E-state index in [1.54, 1.807) is 13.2 Å². The first-order valence-electron chi connectivity index (χ1n) is 8.39. The molecule has 2 aliphatic rings. The summed E-state index contributed by atoms with van der Waals surface area (Å²) < 4.78 is 11.0. The lowest BCUT2D eigenvalue weighted by Crippen LogP contribution is -2.34. The van der Waals surface area contributed by atoms with E-state index in [0.717, 1.165) is 30.9 Å². The zero-order chi connectivity index (χ0) is 16.7. The summed E-state index contributed by atoms with van der Waals surface area (Å²) in [6, 6.07) is 11.8. The smallest absolute Gasteiger partial charge is 0.289 e. The number of likely N-dealkylation sites (tertiary alicyclic amines) is 2. The van der Waals surface area contributed by atoms with Crippen molar-refractivity contribution in [3.8, 4) is 17.1 Å². The van der Waals surface area contributed by atoms with Gasteiger partial charge in [-0.1, -0.05) is 0 Å². The molecule has 0 bridgehead atoms. The minimum Gasteiger partial charge on any atom is -0.497 e. The van der Waals surface area contributed by atoms with E-state index in [1.807, 2.05) is 35.2 Å². The van der Waals surface area contributed by atoms with Gasteiger partial charge in [0.2, 0.25) is 0 Å². The lowest BCUT2D eigenvalue weighted by Gasteiger charge is -2.19. The summed E-state index contributed by atoms with van der Waals surface area (Å²) in [5.74, 6) is 2.53. The van der Waals surface area contributed by atoms with Gasteiger partial charge in [-0.2, -0.15) is 0 Å². The predicted molar refractivity (Wildman–Crippen MR) is 91.1 cm³/mol. The van der Waals surface area contributed by atoms with Gasteiger partial charge in [0, 0.05) is 24.7 Å². The zero-order valence-corrected chi connectivity index (χ0v) is 14.1. The molecule has 3 heterocycles. The second kappa shape index (κ2) is 5.98. The molecule has 0 N–H and O–H groups in total. The molecule has 126 valence electrons. The molecule has 4 rings (SSSR count). The number of furan rings is 1. The first-order valence-corrected chi connectivity index (χ1v) is 8.39. The lowest BCUT2D eigenvalue weighted by atomic mass is 10.1. The van der Waals surface area contributed by atoms with Crippen LogP contribution in [-0.4, -0.2) is 55.5 Å². The molecule has 2 aliphatic heterocycles. The van der Waals surface area contributed by atoms with Crippen molar-refractivity contribution in [3.63, 3.8) is 0 Å². The van der Waals surface area contributed by atoms with Gasteiger partial charge >= 0.3 is 0 Å². The number of methoxy groups -OCH3 is 1. The van der Waals surface area contributed by atoms with Crippen LogP contribution in [0.1, 0.15) is 17.0 Å². The fraction of sp³-hybridized carbons (Fsp3) is 0.421. The molecule has 0 spiro atoms. The maximum atomic E-state index is 12.7. The molecule has 0 saturated carbocycles. The van der Waals surface area contributed by atoms with Crippen LogP contribution in [0, 0.1) is 5.92 Å². The fourth-order valence-corrected chi connectivity index (χ4v) is 3.86. The second-order valence-electron chi connectivity index (χ2n) is 6.70. The number of nitrogens with zero attached hydrogens (tertiary/aromatic N) is 2. The van der Waals surface area contributed by atoms with E-state index in [0.29, 0.717) is 23.5 Å². The number of amides is 1. The number of rotatable bonds is 3. The highest BCUT2D eigenvalue weighted by molar-refractivity contribution is 5.92. The van der Waals surface area contributed by atoms with Crippen LogP contribution < -0.4 is 4.74 Å². The van der Waals surface area contributed by atoms with Crippen molar-refractivity contribution in [2.45, 2.75) is 12.5 Å². The van der Waals surface area contributed by atoms with Crippen LogP contribution in [-0.2, 0) is 0 Å². The Balaban J connectivity index is 1.49. The maximum Gasteiger partial charge on any atom is 0.289 e. The van der Waals surface area contributed by atoms with Crippen LogP contribution in [0.5, 0.6) is 5.75 Å². The van der Waals surface area contributed by atoms with Crippen LogP contribution >= 0.6 is 0 Å². The molecule has 2 aromatic rings. The van der Waals surface area contributed by atoms with Gasteiger partial charge in [0.1, 0.15) is 11.5 Å². The summed E-state index contributed by atoms with van der Waals surface area (Å²) in [5, 5.41) is 0. The van der Waals surface area contributed by atoms with Gasteiger partial charge in [-0.15, -0.1) is 0 Å². The van der Waals surface area contributed by atoms with Gasteiger partial charge in [0.05, 0.1) is 7.11 Å². The Labute approximate surface area is 141 Å². The van der Waals surface area contributed by atoms with Crippen molar-refractivity contribution >= 4 is 5.91 Å². The monoisotopic (exact) mass is 326 g/mol. The highest BCUT2D eigenvalue weighted by Crippen LogP contribution is 2.32. The molecule has 1 aromatic heterocycles. The Kier molecular flexibility index (Phi) is 3.81. The largest absolute Gasteiger partial charge is 0.497 e. The number of carbonyl (C=O) groups excluding carboxylic acids is 1. The van der Waals surface area contributed by atoms with Gasteiger partial charge in [0.25, 0.3) is 5.91 Å². The average Bonchev–Trinajstić information content (AvgIpc) is 3.32. The second-order valence-corrected chi connectivity index (χ2v) is 6.70. The summed E-state index contributed by atoms with van der Waals surface area (Å²) in [7, 11) is 3.79. The third-order valence-corrected chi connectivity index (χ3v) is 5.30. The minimum absolute atomic E-state index is 0.00226. The van der Waals surface area contributed by atoms with E-state index in [4.69, 9.17) is 9.15 Å². The highest BCUT2D eigenvalue weighted by atomic mass is 16.5. The molecular weight excluding hydrogens is 304 g/mol. The molecule has 0 unspecified atom stereocenters. The predicted octanol–water partition coefficient (Wildman–Crippen LogP) is 2.73. The number of carbonyl (C=O) groups is 1. The summed E-state index contributed by atoms with van der Waals surface area (Å²) in [6.07, 6.45) is 1.18. The number of fused-ring (bicyclic) bond motifs is 1. The number of hydrogen-bond acceptors (Lipinski definition) is 4. The summed E-state index contributed by atoms with van der Waals surface area (Å²) in [6.45, 7) is 2.78. The molecule has 5 heteroatoms. The van der Waals surface area contributed by atoms with Gasteiger partial charge < -0.3 is 19.0 Å². The Morgan fingerprint density at radius 2 is 1.96 bits per heavy atom. The Bertz CT molecular complexity index is 737. The fourth-order valence-electron chi connectivity index (χ4n) is 3.86. The first-order chi connectivity index (χ1) is 11.7. The van der Waals surface area contributed by atoms with Crippen LogP contribution in [0.3, 0.4) is 0 Å². The van der Waals surface area contributed by atoms with Crippen molar-refractivity contribution in [1.29, 1.82) is 0 Å². The number of ether oxygens (including phenoxy) is 1. The van der Waals surface area contributed by atoms with Crippen molar-refractivity contribution in [2.24, 2.45) is 5.92 Å². The number of hydrogen-bond donors (Lipinski definition) is 0. The van der Waals surface area contributed by atoms with Crippen LogP contribution in [0.25, 0.3) is 11.3 Å². The third-order valence-electron chi connectivity index (χ3n) is 5.30. The highest BCUT2D eigenvalue weighted by Gasteiger charge is 2.41. The SMILES string of the molecule is COc1ccc(-c2ccc(C(=O)N3C[C@H]4CCN(C)[C@H]4C3)o2)cc1. The molecule has 0 radical (unpaired) electrons. The standard InChI is InChI=1S/C19H22N2O3/c1-20-10-9-14-11-21(12-16(14)20)19(22)18-8-7-17(24-18)13-3-5-15(23-2)6-4-13/h3-8,14,16H,9-12H2,1-2H3/t14-,16+/m1/s1. The van der Waals surface area contributed by atoms with Gasteiger partial charge in [0.15, 0.2) is 5.76 Å². The Hall–Kier alpha value is -2.27.